The molecule has 0 radical (unpaired) electrons. The quantitative estimate of drug-likeness (QED) is 0.184. The van der Waals surface area contributed by atoms with Crippen LogP contribution in [-0.2, 0) is 19.2 Å². The molecule has 1 atom stereocenters. The van der Waals surface area contributed by atoms with Gasteiger partial charge in [0.1, 0.15) is 5.75 Å². The maximum atomic E-state index is 13.2. The molecule has 0 saturated heterocycles. The molecule has 1 aromatic heterocycles. The van der Waals surface area contributed by atoms with E-state index in [0.717, 1.165) is 5.56 Å². The minimum atomic E-state index is -2.92. The molecule has 0 aliphatic heterocycles. The first-order chi connectivity index (χ1) is 14.0. The van der Waals surface area contributed by atoms with Crippen LogP contribution in [0, 0.1) is 0 Å². The highest BCUT2D eigenvalue weighted by Crippen LogP contribution is 2.18. The molecule has 0 N–H and O–H groups in total. The fourth-order valence-electron chi connectivity index (χ4n) is 2.76. The van der Waals surface area contributed by atoms with E-state index in [2.05, 4.69) is 9.73 Å². The third-order valence-corrected chi connectivity index (χ3v) is 4.50. The molecular weight excluding hydrogens is 394 g/mol. The lowest BCUT2D eigenvalue weighted by Gasteiger charge is -2.19. The van der Waals surface area contributed by atoms with E-state index < -0.39 is 12.7 Å². The zero-order chi connectivity index (χ0) is 20.6. The Bertz CT molecular complexity index is 965. The molecule has 7 heteroatoms. The van der Waals surface area contributed by atoms with Gasteiger partial charge in [0.15, 0.2) is 12.4 Å². The Hall–Kier alpha value is -3.19. The zero-order valence-electron chi connectivity index (χ0n) is 15.3. The topological polar surface area (TPSA) is 42.5 Å². The SMILES string of the molecule is O=C(c1ccc(OC(F)F)cc1)C(C([S-])=NCc1ccccc1)[n+]1ccccc1. The monoisotopic (exact) mass is 412 g/mol. The van der Waals surface area contributed by atoms with Gasteiger partial charge in [-0.05, 0) is 34.9 Å². The molecular formula is C22H18F2N2O2S. The van der Waals surface area contributed by atoms with Crippen LogP contribution in [0.15, 0.2) is 90.2 Å². The van der Waals surface area contributed by atoms with Gasteiger partial charge in [-0.3, -0.25) is 4.79 Å². The van der Waals surface area contributed by atoms with Gasteiger partial charge < -0.3 is 22.4 Å². The number of ether oxygens (including phenoxy) is 1. The van der Waals surface area contributed by atoms with Gasteiger partial charge in [-0.25, -0.2) is 0 Å². The van der Waals surface area contributed by atoms with Crippen LogP contribution in [0.2, 0.25) is 0 Å². The highest BCUT2D eigenvalue weighted by molar-refractivity contribution is 7.77. The van der Waals surface area contributed by atoms with Crippen LogP contribution in [0.3, 0.4) is 0 Å². The lowest BCUT2D eigenvalue weighted by molar-refractivity contribution is -0.691. The van der Waals surface area contributed by atoms with Gasteiger partial charge in [-0.1, -0.05) is 36.4 Å². The lowest BCUT2D eigenvalue weighted by Crippen LogP contribution is -2.47. The van der Waals surface area contributed by atoms with Crippen LogP contribution < -0.4 is 9.30 Å². The van der Waals surface area contributed by atoms with Gasteiger partial charge in [-0.15, -0.1) is 0 Å². The molecule has 0 amide bonds. The van der Waals surface area contributed by atoms with Crippen LogP contribution in [0.25, 0.3) is 0 Å². The van der Waals surface area contributed by atoms with Crippen molar-refractivity contribution in [2.24, 2.45) is 4.99 Å². The first-order valence-electron chi connectivity index (χ1n) is 8.85. The normalized spacial score (nSPS) is 12.6. The molecule has 4 nitrogen and oxygen atoms in total. The summed E-state index contributed by atoms with van der Waals surface area (Å²) in [6.45, 7) is -2.56. The standard InChI is InChI=1S/C22H18F2N2O2S/c23-22(24)28-18-11-9-17(10-12-18)20(27)19(26-13-5-2-6-14-26)21(29)25-15-16-7-3-1-4-8-16/h1-14,19,22H,15H2. The van der Waals surface area contributed by atoms with Gasteiger partial charge in [-0.2, -0.15) is 13.3 Å². The first kappa shape index (κ1) is 20.5. The van der Waals surface area contributed by atoms with E-state index in [4.69, 9.17) is 12.6 Å². The number of Topliss-reactive ketones (excluding diaryl/α,β-unsaturated/α-hetero) is 1. The summed E-state index contributed by atoms with van der Waals surface area (Å²) in [6, 6.07) is 19.7. The van der Waals surface area contributed by atoms with Gasteiger partial charge in [0.2, 0.25) is 11.8 Å². The van der Waals surface area contributed by atoms with Gasteiger partial charge in [0, 0.05) is 17.7 Å². The van der Waals surface area contributed by atoms with Crippen LogP contribution in [0.1, 0.15) is 22.0 Å². The Labute approximate surface area is 172 Å². The molecule has 1 heterocycles. The van der Waals surface area contributed by atoms with Crippen molar-refractivity contribution in [3.05, 3.63) is 96.3 Å². The number of aromatic nitrogens is 1. The smallest absolute Gasteiger partial charge is 0.387 e. The van der Waals surface area contributed by atoms with E-state index in [9.17, 15) is 13.6 Å². The molecule has 3 aromatic rings. The van der Waals surface area contributed by atoms with E-state index in [1.165, 1.54) is 24.3 Å². The molecule has 29 heavy (non-hydrogen) atoms. The number of benzene rings is 2. The Morgan fingerprint density at radius 2 is 1.59 bits per heavy atom. The molecule has 1 unspecified atom stereocenters. The van der Waals surface area contributed by atoms with Crippen LogP contribution in [0.5, 0.6) is 5.75 Å². The number of carbonyl (C=O) groups excluding carboxylic acids is 1. The molecule has 0 saturated carbocycles. The first-order valence-corrected chi connectivity index (χ1v) is 9.25. The van der Waals surface area contributed by atoms with Crippen molar-refractivity contribution >= 4 is 23.5 Å². The molecule has 0 aliphatic carbocycles. The summed E-state index contributed by atoms with van der Waals surface area (Å²) in [6.07, 6.45) is 3.47. The number of pyridine rings is 1. The maximum Gasteiger partial charge on any atom is 0.387 e. The third kappa shape index (κ3) is 5.65. The predicted octanol–water partition coefficient (Wildman–Crippen LogP) is 4.15. The average Bonchev–Trinajstić information content (AvgIpc) is 2.74. The number of nitrogens with zero attached hydrogens (tertiary/aromatic N) is 2. The van der Waals surface area contributed by atoms with E-state index in [-0.39, 0.29) is 16.6 Å². The fraction of sp³-hybridized carbons (Fsp3) is 0.136. The summed E-state index contributed by atoms with van der Waals surface area (Å²) in [4.78, 5) is 17.6. The molecule has 0 fully saturated rings. The van der Waals surface area contributed by atoms with Crippen LogP contribution >= 0.6 is 0 Å². The van der Waals surface area contributed by atoms with Crippen molar-refractivity contribution in [1.29, 1.82) is 0 Å². The number of hydrogen-bond acceptors (Lipinski definition) is 4. The lowest BCUT2D eigenvalue weighted by atomic mass is 10.0. The van der Waals surface area contributed by atoms with E-state index in [0.29, 0.717) is 12.1 Å². The Kier molecular flexibility index (Phi) is 6.97. The van der Waals surface area contributed by atoms with E-state index in [1.54, 1.807) is 29.1 Å². The highest BCUT2D eigenvalue weighted by Gasteiger charge is 2.28. The van der Waals surface area contributed by atoms with Crippen molar-refractivity contribution < 1.29 is 22.9 Å². The second-order valence-corrected chi connectivity index (χ2v) is 6.55. The summed E-state index contributed by atoms with van der Waals surface area (Å²) >= 11 is 5.48. The van der Waals surface area contributed by atoms with Crippen molar-refractivity contribution in [3.63, 3.8) is 0 Å². The number of hydrogen-bond donors (Lipinski definition) is 0. The summed E-state index contributed by atoms with van der Waals surface area (Å²) in [5.74, 6) is -0.302. The number of carbonyl (C=O) groups is 1. The fourth-order valence-corrected chi connectivity index (χ4v) is 3.05. The Morgan fingerprint density at radius 3 is 2.21 bits per heavy atom. The Morgan fingerprint density at radius 1 is 0.966 bits per heavy atom. The largest absolute Gasteiger partial charge is 0.758 e. The number of aliphatic imine (C=N–C) groups is 1. The number of halogens is 2. The second-order valence-electron chi connectivity index (χ2n) is 6.13. The highest BCUT2D eigenvalue weighted by atomic mass is 32.1. The maximum absolute atomic E-state index is 13.2. The Balaban J connectivity index is 1.88. The molecule has 148 valence electrons. The van der Waals surface area contributed by atoms with Crippen molar-refractivity contribution in [1.82, 2.24) is 0 Å². The minimum absolute atomic E-state index is 0.0168. The minimum Gasteiger partial charge on any atom is -0.758 e. The van der Waals surface area contributed by atoms with Crippen molar-refractivity contribution in [3.8, 4) is 5.75 Å². The number of alkyl halides is 2. The van der Waals surface area contributed by atoms with Gasteiger partial charge in [0.25, 0.3) is 0 Å². The van der Waals surface area contributed by atoms with Gasteiger partial charge in [0.05, 0.1) is 6.54 Å². The van der Waals surface area contributed by atoms with Gasteiger partial charge >= 0.3 is 6.61 Å². The third-order valence-electron chi connectivity index (χ3n) is 4.14. The summed E-state index contributed by atoms with van der Waals surface area (Å²) in [7, 11) is 0. The molecule has 0 aliphatic rings. The summed E-state index contributed by atoms with van der Waals surface area (Å²) in [5.41, 5.74) is 1.30. The number of rotatable bonds is 8. The van der Waals surface area contributed by atoms with E-state index in [1.807, 2.05) is 36.4 Å². The molecule has 3 rings (SSSR count). The van der Waals surface area contributed by atoms with E-state index >= 15 is 0 Å². The summed E-state index contributed by atoms with van der Waals surface area (Å²) < 4.78 is 30.7. The van der Waals surface area contributed by atoms with Crippen LogP contribution in [-0.4, -0.2) is 17.4 Å². The number of ketones is 1. The molecule has 0 spiro atoms. The van der Waals surface area contributed by atoms with Crippen molar-refractivity contribution in [2.75, 3.05) is 0 Å². The second kappa shape index (κ2) is 9.84. The summed E-state index contributed by atoms with van der Waals surface area (Å²) in [5, 5.41) is 0.239. The molecule has 0 bridgehead atoms. The average molecular weight is 412 g/mol. The molecule has 2 aromatic carbocycles. The predicted molar refractivity (Wildman–Crippen MR) is 108 cm³/mol. The van der Waals surface area contributed by atoms with Crippen molar-refractivity contribution in [2.45, 2.75) is 19.2 Å². The zero-order valence-corrected chi connectivity index (χ0v) is 16.1. The van der Waals surface area contributed by atoms with Crippen LogP contribution in [0.4, 0.5) is 8.78 Å².